The van der Waals surface area contributed by atoms with Crippen molar-refractivity contribution in [1.82, 2.24) is 25.3 Å². The highest BCUT2D eigenvalue weighted by Crippen LogP contribution is 2.28. The van der Waals surface area contributed by atoms with Gasteiger partial charge in [0.1, 0.15) is 12.4 Å². The number of hydrogen-bond acceptors (Lipinski definition) is 6. The normalized spacial score (nSPS) is 12.7. The van der Waals surface area contributed by atoms with Gasteiger partial charge in [0.2, 0.25) is 11.8 Å². The quantitative estimate of drug-likeness (QED) is 0.237. The van der Waals surface area contributed by atoms with E-state index in [1.807, 2.05) is 0 Å². The van der Waals surface area contributed by atoms with Crippen LogP contribution in [0.5, 0.6) is 0 Å². The number of hydrogen-bond donors (Lipinski definition) is 5. The minimum Gasteiger partial charge on any atom is -0.395 e. The van der Waals surface area contributed by atoms with Gasteiger partial charge in [-0.1, -0.05) is 23.7 Å². The number of urea groups is 1. The van der Waals surface area contributed by atoms with Crippen LogP contribution in [0.25, 0.3) is 10.9 Å². The molecule has 5 amide bonds. The average Bonchev–Trinajstić information content (AvgIpc) is 3.68. The lowest BCUT2D eigenvalue weighted by atomic mass is 10.2. The van der Waals surface area contributed by atoms with E-state index in [9.17, 15) is 23.6 Å². The Morgan fingerprint density at radius 1 is 1.18 bits per heavy atom. The molecule has 0 atom stereocenters. The summed E-state index contributed by atoms with van der Waals surface area (Å²) in [4.78, 5) is 51.3. The lowest BCUT2D eigenvalue weighted by Gasteiger charge is -2.22. The van der Waals surface area contributed by atoms with E-state index in [0.717, 1.165) is 12.8 Å². The zero-order valence-electron chi connectivity index (χ0n) is 20.7. The van der Waals surface area contributed by atoms with Crippen molar-refractivity contribution >= 4 is 51.9 Å². The van der Waals surface area contributed by atoms with E-state index in [1.165, 1.54) is 27.8 Å². The van der Waals surface area contributed by atoms with E-state index in [0.29, 0.717) is 16.6 Å². The highest BCUT2D eigenvalue weighted by molar-refractivity contribution is 6.30. The molecule has 1 aliphatic carbocycles. The van der Waals surface area contributed by atoms with Gasteiger partial charge in [0.05, 0.1) is 23.7 Å². The van der Waals surface area contributed by atoms with Gasteiger partial charge < -0.3 is 31.7 Å². The Kier molecular flexibility index (Phi) is 8.62. The van der Waals surface area contributed by atoms with Crippen LogP contribution in [0.15, 0.2) is 36.4 Å². The third-order valence-corrected chi connectivity index (χ3v) is 6.35. The van der Waals surface area contributed by atoms with Crippen molar-refractivity contribution in [2.24, 2.45) is 5.73 Å². The Bertz CT molecular complexity index is 1430. The van der Waals surface area contributed by atoms with E-state index in [2.05, 4.69) is 21.0 Å². The standard InChI is InChI=1S/C25H27ClFN7O5/c26-18-3-1-2-14(22(18)27)11-30-20(36)12-33(16-5-6-16)21(37)13-34-19-7-4-15(31-25(39)29-8-9-35)10-17(19)23(32-34)24(28)38/h1-4,7,10,16,35H,5-6,8-9,11-13H2,(H2,28,38)(H,30,36)(H2,29,31,39). The van der Waals surface area contributed by atoms with Gasteiger partial charge in [0.25, 0.3) is 5.91 Å². The van der Waals surface area contributed by atoms with Gasteiger partial charge in [-0.15, -0.1) is 0 Å². The molecule has 2 aromatic carbocycles. The maximum Gasteiger partial charge on any atom is 0.319 e. The summed E-state index contributed by atoms with van der Waals surface area (Å²) in [5.41, 5.74) is 6.41. The van der Waals surface area contributed by atoms with Crippen LogP contribution in [-0.4, -0.2) is 69.3 Å². The molecule has 12 nitrogen and oxygen atoms in total. The first-order valence-corrected chi connectivity index (χ1v) is 12.5. The summed E-state index contributed by atoms with van der Waals surface area (Å²) in [6, 6.07) is 8.47. The smallest absolute Gasteiger partial charge is 0.319 e. The second-order valence-electron chi connectivity index (χ2n) is 8.95. The number of benzene rings is 2. The number of nitrogens with zero attached hydrogens (tertiary/aromatic N) is 3. The van der Waals surface area contributed by atoms with Crippen LogP contribution in [0.3, 0.4) is 0 Å². The molecule has 1 aromatic heterocycles. The van der Waals surface area contributed by atoms with E-state index in [-0.39, 0.29) is 55.1 Å². The molecular formula is C25H27ClFN7O5. The van der Waals surface area contributed by atoms with Gasteiger partial charge in [0.15, 0.2) is 5.69 Å². The zero-order valence-corrected chi connectivity index (χ0v) is 21.5. The van der Waals surface area contributed by atoms with Crippen molar-refractivity contribution in [3.05, 3.63) is 58.5 Å². The Morgan fingerprint density at radius 3 is 2.64 bits per heavy atom. The number of aliphatic hydroxyl groups is 1. The van der Waals surface area contributed by atoms with E-state index in [1.54, 1.807) is 18.2 Å². The van der Waals surface area contributed by atoms with Crippen LogP contribution >= 0.6 is 11.6 Å². The topological polar surface area (TPSA) is 172 Å². The number of aliphatic hydroxyl groups excluding tert-OH is 1. The molecule has 0 aliphatic heterocycles. The van der Waals surface area contributed by atoms with Gasteiger partial charge in [-0.05, 0) is 37.1 Å². The molecule has 0 saturated heterocycles. The maximum atomic E-state index is 14.1. The third-order valence-electron chi connectivity index (χ3n) is 6.05. The molecule has 0 spiro atoms. The molecule has 0 unspecified atom stereocenters. The van der Waals surface area contributed by atoms with Crippen LogP contribution in [0.4, 0.5) is 14.9 Å². The van der Waals surface area contributed by atoms with Crippen molar-refractivity contribution in [2.75, 3.05) is 25.0 Å². The van der Waals surface area contributed by atoms with Crippen LogP contribution < -0.4 is 21.7 Å². The SMILES string of the molecule is NC(=O)c1nn(CC(=O)N(CC(=O)NCc2cccc(Cl)c2F)C2CC2)c2ccc(NC(=O)NCCO)cc12. The molecule has 1 saturated carbocycles. The van der Waals surface area contributed by atoms with Crippen molar-refractivity contribution < 1.29 is 28.7 Å². The summed E-state index contributed by atoms with van der Waals surface area (Å²) < 4.78 is 15.4. The number of carbonyl (C=O) groups is 4. The van der Waals surface area contributed by atoms with Gasteiger partial charge in [-0.25, -0.2) is 9.18 Å². The summed E-state index contributed by atoms with van der Waals surface area (Å²) in [5.74, 6) is -2.30. The lowest BCUT2D eigenvalue weighted by molar-refractivity contribution is -0.137. The minimum atomic E-state index is -0.820. The van der Waals surface area contributed by atoms with Gasteiger partial charge in [-0.2, -0.15) is 5.10 Å². The Labute approximate surface area is 227 Å². The number of carbonyl (C=O) groups excluding carboxylic acids is 4. The van der Waals surface area contributed by atoms with Gasteiger partial charge >= 0.3 is 6.03 Å². The predicted octanol–water partition coefficient (Wildman–Crippen LogP) is 1.35. The highest BCUT2D eigenvalue weighted by atomic mass is 35.5. The lowest BCUT2D eigenvalue weighted by Crippen LogP contribution is -2.43. The monoisotopic (exact) mass is 559 g/mol. The first-order valence-electron chi connectivity index (χ1n) is 12.1. The number of nitrogens with one attached hydrogen (secondary N) is 3. The third kappa shape index (κ3) is 6.81. The number of primary amides is 1. The maximum absolute atomic E-state index is 14.1. The van der Waals surface area contributed by atoms with E-state index < -0.39 is 29.6 Å². The van der Waals surface area contributed by atoms with Crippen LogP contribution in [0.2, 0.25) is 5.02 Å². The minimum absolute atomic E-state index is 0.0498. The van der Waals surface area contributed by atoms with Crippen LogP contribution in [0.1, 0.15) is 28.9 Å². The number of anilines is 1. The number of nitrogens with two attached hydrogens (primary N) is 1. The van der Waals surface area contributed by atoms with E-state index in [4.69, 9.17) is 22.4 Å². The number of rotatable bonds is 11. The first kappa shape index (κ1) is 27.8. The molecule has 0 radical (unpaired) electrons. The highest BCUT2D eigenvalue weighted by Gasteiger charge is 2.34. The second kappa shape index (κ2) is 12.1. The molecule has 6 N–H and O–H groups in total. The average molecular weight is 560 g/mol. The fourth-order valence-corrected chi connectivity index (χ4v) is 4.21. The summed E-state index contributed by atoms with van der Waals surface area (Å²) in [5, 5.41) is 21.0. The van der Waals surface area contributed by atoms with E-state index >= 15 is 0 Å². The molecule has 1 aliphatic rings. The first-order chi connectivity index (χ1) is 18.7. The Morgan fingerprint density at radius 2 is 1.95 bits per heavy atom. The van der Waals surface area contributed by atoms with Crippen LogP contribution in [0, 0.1) is 5.82 Å². The van der Waals surface area contributed by atoms with Gasteiger partial charge in [-0.3, -0.25) is 19.1 Å². The number of aromatic nitrogens is 2. The Balaban J connectivity index is 1.47. The molecule has 39 heavy (non-hydrogen) atoms. The van der Waals surface area contributed by atoms with Crippen molar-refractivity contribution in [3.63, 3.8) is 0 Å². The van der Waals surface area contributed by atoms with Gasteiger partial charge in [0, 0.05) is 35.8 Å². The molecule has 4 rings (SSSR count). The number of halogens is 2. The van der Waals surface area contributed by atoms with Crippen LogP contribution in [-0.2, 0) is 22.7 Å². The molecule has 0 bridgehead atoms. The molecule has 3 aromatic rings. The zero-order chi connectivity index (χ0) is 28.1. The summed E-state index contributed by atoms with van der Waals surface area (Å²) in [6.45, 7) is -0.740. The fourth-order valence-electron chi connectivity index (χ4n) is 4.02. The van der Waals surface area contributed by atoms with Crippen molar-refractivity contribution in [2.45, 2.75) is 32.0 Å². The summed E-state index contributed by atoms with van der Waals surface area (Å²) >= 11 is 5.79. The number of amides is 5. The molecular weight excluding hydrogens is 533 g/mol. The summed E-state index contributed by atoms with van der Waals surface area (Å²) in [6.07, 6.45) is 1.48. The second-order valence-corrected chi connectivity index (χ2v) is 9.36. The number of fused-ring (bicyclic) bond motifs is 1. The summed E-state index contributed by atoms with van der Waals surface area (Å²) in [7, 11) is 0. The predicted molar refractivity (Wildman–Crippen MR) is 140 cm³/mol. The molecule has 14 heteroatoms. The molecule has 1 fully saturated rings. The molecule has 1 heterocycles. The Hall–Kier alpha value is -4.23. The largest absolute Gasteiger partial charge is 0.395 e. The molecule has 206 valence electrons. The fraction of sp³-hybridized carbons (Fsp3) is 0.320. The van der Waals surface area contributed by atoms with Crippen molar-refractivity contribution in [3.8, 4) is 0 Å². The van der Waals surface area contributed by atoms with Crippen molar-refractivity contribution in [1.29, 1.82) is 0 Å².